The fourth-order valence-electron chi connectivity index (χ4n) is 3.95. The summed E-state index contributed by atoms with van der Waals surface area (Å²) in [5.41, 5.74) is 3.05. The summed E-state index contributed by atoms with van der Waals surface area (Å²) in [4.78, 5) is 17.7. The van der Waals surface area contributed by atoms with E-state index in [1.54, 1.807) is 19.1 Å². The monoisotopic (exact) mass is 409 g/mol. The maximum absolute atomic E-state index is 12.7. The largest absolute Gasteiger partial charge is 0.493 e. The highest BCUT2D eigenvalue weighted by Crippen LogP contribution is 2.41. The van der Waals surface area contributed by atoms with Gasteiger partial charge in [-0.3, -0.25) is 9.69 Å². The van der Waals surface area contributed by atoms with Crippen LogP contribution in [0.3, 0.4) is 0 Å². The highest BCUT2D eigenvalue weighted by Gasteiger charge is 2.36. The number of aromatic nitrogens is 1. The van der Waals surface area contributed by atoms with Gasteiger partial charge < -0.3 is 19.8 Å². The van der Waals surface area contributed by atoms with Gasteiger partial charge in [-0.15, -0.1) is 0 Å². The molecule has 1 saturated heterocycles. The Hall–Kier alpha value is -3.06. The standard InChI is InChI=1S/C22H23N3O3S/c1-13-21(26)25(22(29)24-13)12-17(15-8-6-10-19(27-2)20(15)28-3)16-11-23-18-9-5-4-7-14(16)18/h4-11,13,17,23H,12H2,1-3H3,(H,24,29)/t13-,17+/m0/s1. The summed E-state index contributed by atoms with van der Waals surface area (Å²) in [7, 11) is 3.25. The highest BCUT2D eigenvalue weighted by molar-refractivity contribution is 7.80. The Labute approximate surface area is 174 Å². The number of fused-ring (bicyclic) bond motifs is 1. The summed E-state index contributed by atoms with van der Waals surface area (Å²) in [6.07, 6.45) is 1.99. The van der Waals surface area contributed by atoms with Crippen molar-refractivity contribution in [3.8, 4) is 11.5 Å². The van der Waals surface area contributed by atoms with Crippen LogP contribution in [0.4, 0.5) is 0 Å². The molecule has 6 nitrogen and oxygen atoms in total. The van der Waals surface area contributed by atoms with E-state index in [4.69, 9.17) is 21.7 Å². The first-order valence-electron chi connectivity index (χ1n) is 9.44. The van der Waals surface area contributed by atoms with Gasteiger partial charge in [0.1, 0.15) is 6.04 Å². The molecule has 0 radical (unpaired) electrons. The number of carbonyl (C=O) groups excluding carboxylic acids is 1. The number of benzene rings is 2. The zero-order chi connectivity index (χ0) is 20.5. The molecule has 1 aliphatic heterocycles. The van der Waals surface area contributed by atoms with E-state index in [9.17, 15) is 4.79 Å². The van der Waals surface area contributed by atoms with E-state index < -0.39 is 0 Å². The maximum Gasteiger partial charge on any atom is 0.251 e. The van der Waals surface area contributed by atoms with Crippen LogP contribution >= 0.6 is 12.2 Å². The van der Waals surface area contributed by atoms with Crippen molar-refractivity contribution in [2.75, 3.05) is 20.8 Å². The molecule has 2 N–H and O–H groups in total. The lowest BCUT2D eigenvalue weighted by Gasteiger charge is -2.25. The third-order valence-corrected chi connectivity index (χ3v) is 5.73. The predicted octanol–water partition coefficient (Wildman–Crippen LogP) is 3.42. The fourth-order valence-corrected chi connectivity index (χ4v) is 4.29. The topological polar surface area (TPSA) is 66.6 Å². The molecule has 0 unspecified atom stereocenters. The second-order valence-corrected chi connectivity index (χ2v) is 7.43. The first-order chi connectivity index (χ1) is 14.0. The summed E-state index contributed by atoms with van der Waals surface area (Å²) in [6, 6.07) is 13.6. The van der Waals surface area contributed by atoms with Crippen LogP contribution in [0.5, 0.6) is 11.5 Å². The smallest absolute Gasteiger partial charge is 0.251 e. The second-order valence-electron chi connectivity index (χ2n) is 7.04. The molecule has 2 heterocycles. The van der Waals surface area contributed by atoms with Crippen molar-refractivity contribution in [1.29, 1.82) is 0 Å². The van der Waals surface area contributed by atoms with Crippen LogP contribution in [0.2, 0.25) is 0 Å². The number of H-pyrrole nitrogens is 1. The number of aromatic amines is 1. The van der Waals surface area contributed by atoms with Gasteiger partial charge in [0, 0.05) is 35.1 Å². The van der Waals surface area contributed by atoms with E-state index in [1.807, 2.05) is 49.5 Å². The molecular weight excluding hydrogens is 386 g/mol. The lowest BCUT2D eigenvalue weighted by Crippen LogP contribution is -2.35. The number of carbonyl (C=O) groups is 1. The van der Waals surface area contributed by atoms with Gasteiger partial charge in [0.25, 0.3) is 5.91 Å². The second kappa shape index (κ2) is 7.75. The van der Waals surface area contributed by atoms with E-state index in [1.165, 1.54) is 0 Å². The van der Waals surface area contributed by atoms with Gasteiger partial charge in [-0.2, -0.15) is 0 Å². The molecule has 29 heavy (non-hydrogen) atoms. The van der Waals surface area contributed by atoms with E-state index in [2.05, 4.69) is 16.4 Å². The quantitative estimate of drug-likeness (QED) is 0.611. The SMILES string of the molecule is COc1cccc([C@@H](CN2C(=O)[C@H](C)NC2=S)c2c[nH]c3ccccc23)c1OC. The molecule has 1 aromatic heterocycles. The van der Waals surface area contributed by atoms with Crippen molar-refractivity contribution in [2.45, 2.75) is 18.9 Å². The molecule has 2 aromatic carbocycles. The van der Waals surface area contributed by atoms with Gasteiger partial charge in [-0.25, -0.2) is 0 Å². The van der Waals surface area contributed by atoms with Crippen molar-refractivity contribution >= 4 is 34.1 Å². The number of methoxy groups -OCH3 is 2. The van der Waals surface area contributed by atoms with Gasteiger partial charge in [0.2, 0.25) is 0 Å². The molecule has 1 amide bonds. The Bertz CT molecular complexity index is 1080. The third-order valence-electron chi connectivity index (χ3n) is 5.39. The van der Waals surface area contributed by atoms with Gasteiger partial charge in [0.15, 0.2) is 16.6 Å². The number of rotatable bonds is 6. The summed E-state index contributed by atoms with van der Waals surface area (Å²) < 4.78 is 11.2. The molecule has 2 atom stereocenters. The van der Waals surface area contributed by atoms with E-state index in [-0.39, 0.29) is 17.9 Å². The first kappa shape index (κ1) is 19.3. The molecule has 3 aromatic rings. The van der Waals surface area contributed by atoms with Crippen LogP contribution < -0.4 is 14.8 Å². The van der Waals surface area contributed by atoms with Crippen LogP contribution in [-0.4, -0.2) is 47.7 Å². The van der Waals surface area contributed by atoms with E-state index in [0.717, 1.165) is 22.0 Å². The Morgan fingerprint density at radius 2 is 1.90 bits per heavy atom. The van der Waals surface area contributed by atoms with Crippen LogP contribution in [0, 0.1) is 0 Å². The number of nitrogens with one attached hydrogen (secondary N) is 2. The summed E-state index contributed by atoms with van der Waals surface area (Å²) in [5.74, 6) is 1.12. The van der Waals surface area contributed by atoms with Crippen molar-refractivity contribution in [3.63, 3.8) is 0 Å². The van der Waals surface area contributed by atoms with Crippen molar-refractivity contribution in [2.24, 2.45) is 0 Å². The van der Waals surface area contributed by atoms with Crippen molar-refractivity contribution in [3.05, 3.63) is 59.8 Å². The third kappa shape index (κ3) is 3.31. The fraction of sp³-hybridized carbons (Fsp3) is 0.273. The molecule has 0 bridgehead atoms. The number of hydrogen-bond acceptors (Lipinski definition) is 4. The van der Waals surface area contributed by atoms with Crippen molar-refractivity contribution < 1.29 is 14.3 Å². The van der Waals surface area contributed by atoms with Gasteiger partial charge in [-0.1, -0.05) is 30.3 Å². The van der Waals surface area contributed by atoms with Crippen molar-refractivity contribution in [1.82, 2.24) is 15.2 Å². The van der Waals surface area contributed by atoms with Crippen LogP contribution in [-0.2, 0) is 4.79 Å². The van der Waals surface area contributed by atoms with Gasteiger partial charge >= 0.3 is 0 Å². The Morgan fingerprint density at radius 1 is 1.10 bits per heavy atom. The summed E-state index contributed by atoms with van der Waals surface area (Å²) >= 11 is 5.43. The molecule has 0 spiro atoms. The molecule has 1 aliphatic rings. The molecule has 1 fully saturated rings. The van der Waals surface area contributed by atoms with E-state index >= 15 is 0 Å². The summed E-state index contributed by atoms with van der Waals surface area (Å²) in [5, 5.41) is 4.60. The number of thiocarbonyl (C=S) groups is 1. The number of amides is 1. The lowest BCUT2D eigenvalue weighted by atomic mass is 9.89. The van der Waals surface area contributed by atoms with Gasteiger partial charge in [0.05, 0.1) is 14.2 Å². The highest BCUT2D eigenvalue weighted by atomic mass is 32.1. The average Bonchev–Trinajstić information content (AvgIpc) is 3.26. The predicted molar refractivity (Wildman–Crippen MR) is 117 cm³/mol. The Balaban J connectivity index is 1.87. The lowest BCUT2D eigenvalue weighted by molar-refractivity contribution is -0.126. The molecule has 0 aliphatic carbocycles. The Kier molecular flexibility index (Phi) is 5.15. The molecular formula is C22H23N3O3S. The van der Waals surface area contributed by atoms with Crippen LogP contribution in [0.25, 0.3) is 10.9 Å². The number of nitrogens with zero attached hydrogens (tertiary/aromatic N) is 1. The first-order valence-corrected chi connectivity index (χ1v) is 9.84. The summed E-state index contributed by atoms with van der Waals surface area (Å²) in [6.45, 7) is 2.22. The van der Waals surface area contributed by atoms with Gasteiger partial charge in [-0.05, 0) is 36.8 Å². The molecule has 4 rings (SSSR count). The zero-order valence-electron chi connectivity index (χ0n) is 16.6. The normalized spacial score (nSPS) is 17.5. The Morgan fingerprint density at radius 3 is 2.59 bits per heavy atom. The van der Waals surface area contributed by atoms with Crippen LogP contribution in [0.1, 0.15) is 24.0 Å². The average molecular weight is 410 g/mol. The minimum atomic E-state index is -0.321. The number of hydrogen-bond donors (Lipinski definition) is 2. The molecule has 0 saturated carbocycles. The number of ether oxygens (including phenoxy) is 2. The molecule has 7 heteroatoms. The molecule has 150 valence electrons. The number of para-hydroxylation sites is 2. The van der Waals surface area contributed by atoms with Crippen LogP contribution in [0.15, 0.2) is 48.7 Å². The minimum Gasteiger partial charge on any atom is -0.493 e. The maximum atomic E-state index is 12.7. The zero-order valence-corrected chi connectivity index (χ0v) is 17.4. The van der Waals surface area contributed by atoms with E-state index in [0.29, 0.717) is 23.2 Å². The minimum absolute atomic E-state index is 0.0262.